The highest BCUT2D eigenvalue weighted by atomic mass is 32.1. The molecule has 0 aliphatic carbocycles. The van der Waals surface area contributed by atoms with Crippen LogP contribution < -0.4 is 19.8 Å². The van der Waals surface area contributed by atoms with Crippen molar-refractivity contribution in [2.45, 2.75) is 133 Å². The Hall–Kier alpha value is -5.75. The highest BCUT2D eigenvalue weighted by molar-refractivity contribution is 7.16. The predicted octanol–water partition coefficient (Wildman–Crippen LogP) is 13.8. The first-order chi connectivity index (χ1) is 33.3. The molecule has 2 amide bonds. The maximum Gasteiger partial charge on any atom is 0.284 e. The van der Waals surface area contributed by atoms with Gasteiger partial charge in [-0.2, -0.15) is 10.0 Å². The summed E-state index contributed by atoms with van der Waals surface area (Å²) < 4.78 is 11.5. The molecule has 2 aliphatic rings. The zero-order chi connectivity index (χ0) is 49.9. The lowest BCUT2D eigenvalue weighted by Gasteiger charge is -2.30. The minimum absolute atomic E-state index is 0.174. The molecule has 2 unspecified atom stereocenters. The average molecular weight is 958 g/mol. The fraction of sp³-hybridized carbons (Fsp3) is 0.491. The highest BCUT2D eigenvalue weighted by Gasteiger charge is 2.35. The molecular formula is C57H79N7O4S. The zero-order valence-corrected chi connectivity index (χ0v) is 44.3. The Kier molecular flexibility index (Phi) is 21.1. The van der Waals surface area contributed by atoms with Gasteiger partial charge in [-0.15, -0.1) is 10.2 Å². The number of anilines is 4. The van der Waals surface area contributed by atoms with E-state index in [1.165, 1.54) is 67.1 Å². The van der Waals surface area contributed by atoms with Gasteiger partial charge in [-0.25, -0.2) is 4.98 Å². The van der Waals surface area contributed by atoms with Gasteiger partial charge in [0.2, 0.25) is 11.8 Å². The van der Waals surface area contributed by atoms with Crippen molar-refractivity contribution in [1.29, 1.82) is 0 Å². The second-order valence-electron chi connectivity index (χ2n) is 18.7. The second-order valence-corrected chi connectivity index (χ2v) is 19.7. The summed E-state index contributed by atoms with van der Waals surface area (Å²) in [6, 6.07) is 27.1. The summed E-state index contributed by atoms with van der Waals surface area (Å²) >= 11 is 1.71. The van der Waals surface area contributed by atoms with Crippen LogP contribution in [0.25, 0.3) is 12.2 Å². The molecule has 0 bridgehead atoms. The van der Waals surface area contributed by atoms with Crippen LogP contribution in [0.5, 0.6) is 0 Å². The molecule has 0 saturated heterocycles. The number of hydrogen-bond donors (Lipinski definition) is 0. The van der Waals surface area contributed by atoms with E-state index >= 15 is 0 Å². The van der Waals surface area contributed by atoms with Crippen LogP contribution in [0, 0.1) is 11.8 Å². The molecule has 2 atom stereocenters. The summed E-state index contributed by atoms with van der Waals surface area (Å²) in [6.07, 6.45) is 13.7. The Morgan fingerprint density at radius 1 is 0.623 bits per heavy atom. The number of para-hydroxylation sites is 2. The topological polar surface area (TPSA) is 103 Å². The maximum atomic E-state index is 13.7. The number of rotatable bonds is 22. The molecule has 0 radical (unpaired) electrons. The van der Waals surface area contributed by atoms with Crippen molar-refractivity contribution < 1.29 is 19.1 Å². The molecule has 0 fully saturated rings. The maximum absolute atomic E-state index is 13.7. The third-order valence-corrected chi connectivity index (χ3v) is 13.6. The number of carbonyl (C=O) groups is 2. The summed E-state index contributed by atoms with van der Waals surface area (Å²) in [5.74, 6) is 1.66. The van der Waals surface area contributed by atoms with E-state index in [4.69, 9.17) is 14.5 Å². The molecule has 6 rings (SSSR count). The number of unbranched alkanes of at least 4 members (excludes halogenated alkanes) is 2. The molecule has 0 spiro atoms. The van der Waals surface area contributed by atoms with Gasteiger partial charge >= 0.3 is 0 Å². The molecule has 3 aromatic carbocycles. The van der Waals surface area contributed by atoms with Gasteiger partial charge in [-0.3, -0.25) is 9.59 Å². The first kappa shape index (κ1) is 54.2. The molecule has 3 heterocycles. The van der Waals surface area contributed by atoms with Gasteiger partial charge in [-0.1, -0.05) is 147 Å². The molecule has 0 N–H and O–H groups in total. The van der Waals surface area contributed by atoms with Crippen molar-refractivity contribution >= 4 is 69.3 Å². The van der Waals surface area contributed by atoms with E-state index < -0.39 is 0 Å². The number of aromatic nitrogens is 1. The monoisotopic (exact) mass is 958 g/mol. The van der Waals surface area contributed by atoms with Crippen molar-refractivity contribution in [3.8, 4) is 0 Å². The lowest BCUT2D eigenvalue weighted by atomic mass is 9.91. The average Bonchev–Trinajstić information content (AvgIpc) is 4.03. The Morgan fingerprint density at radius 3 is 1.49 bits per heavy atom. The van der Waals surface area contributed by atoms with Crippen LogP contribution in [-0.2, 0) is 24.5 Å². The van der Waals surface area contributed by atoms with Gasteiger partial charge in [0.25, 0.3) is 11.8 Å². The van der Waals surface area contributed by atoms with Crippen LogP contribution >= 0.6 is 11.3 Å². The first-order valence-electron chi connectivity index (χ1n) is 25.6. The van der Waals surface area contributed by atoms with E-state index in [2.05, 4.69) is 94.4 Å². The number of nitrogens with zero attached hydrogens (tertiary/aromatic N) is 7. The standard InChI is InChI=1S/C35H54N4O2S.C22H25N3O2/c1-9-14-19-26(11-3)24-38(25-27(12-4)20-15-10-2)34-36-31(35(6,7)8)30(42-34)23-29-32(41-13-5)37-39(33(29)40)28-21-17-16-18-22-28;1-4-24(5-2)18-14-12-17(13-15-18)16-20-21(27-6-3)23-25(22(20)26)19-10-8-7-9-11-19/h16-18,21-23,26-27H,9-15,19-20,24-25H2,1-8H3;7-16H,4-6H2,1-3H3/b29-23-;20-16-. The smallest absolute Gasteiger partial charge is 0.284 e. The minimum Gasteiger partial charge on any atom is -0.476 e. The van der Waals surface area contributed by atoms with Crippen molar-refractivity contribution in [3.63, 3.8) is 0 Å². The van der Waals surface area contributed by atoms with E-state index in [0.717, 1.165) is 58.8 Å². The van der Waals surface area contributed by atoms with Gasteiger partial charge in [0.1, 0.15) is 11.1 Å². The number of ether oxygens (including phenoxy) is 2. The number of hydrogen-bond acceptors (Lipinski definition) is 10. The van der Waals surface area contributed by atoms with Gasteiger partial charge in [0.05, 0.1) is 35.2 Å². The van der Waals surface area contributed by atoms with Crippen molar-refractivity contribution in [3.05, 3.63) is 112 Å². The van der Waals surface area contributed by atoms with E-state index in [0.29, 0.717) is 48.0 Å². The van der Waals surface area contributed by atoms with E-state index in [1.807, 2.05) is 98.8 Å². The van der Waals surface area contributed by atoms with Crippen molar-refractivity contribution in [2.75, 3.05) is 59.2 Å². The Bertz CT molecular complexity index is 2330. The highest BCUT2D eigenvalue weighted by Crippen LogP contribution is 2.38. The fourth-order valence-electron chi connectivity index (χ4n) is 8.46. The number of amides is 2. The summed E-state index contributed by atoms with van der Waals surface area (Å²) in [5.41, 5.74) is 5.35. The summed E-state index contributed by atoms with van der Waals surface area (Å²) in [4.78, 5) is 37.8. The SMILES string of the molecule is CCCCC(CC)CN(CC(CC)CCCC)c1nc(C(C)(C)C)c(/C=C2\C(=O)N(c3ccccc3)N=C2OCC)s1.CCOC1=NN(c2ccccc2)C(=O)/C1=C\c1ccc(N(CC)CC)cc1. The van der Waals surface area contributed by atoms with Crippen LogP contribution in [0.4, 0.5) is 22.2 Å². The summed E-state index contributed by atoms with van der Waals surface area (Å²) in [5, 5.41) is 12.9. The van der Waals surface area contributed by atoms with Crippen LogP contribution in [0.1, 0.15) is 144 Å². The fourth-order valence-corrected chi connectivity index (χ4v) is 9.70. The van der Waals surface area contributed by atoms with Gasteiger partial charge in [0, 0.05) is 37.3 Å². The van der Waals surface area contributed by atoms with E-state index in [9.17, 15) is 9.59 Å². The minimum atomic E-state index is -0.185. The Balaban J connectivity index is 0.000000282. The number of hydrazone groups is 2. The number of thiazole rings is 1. The molecule has 11 nitrogen and oxygen atoms in total. The Labute approximate surface area is 418 Å². The van der Waals surface area contributed by atoms with Gasteiger partial charge in [-0.05, 0) is 106 Å². The summed E-state index contributed by atoms with van der Waals surface area (Å²) in [7, 11) is 0. The second kappa shape index (κ2) is 26.9. The predicted molar refractivity (Wildman–Crippen MR) is 292 cm³/mol. The molecule has 372 valence electrons. The van der Waals surface area contributed by atoms with E-state index in [1.54, 1.807) is 11.3 Å². The van der Waals surface area contributed by atoms with Crippen LogP contribution in [0.15, 0.2) is 106 Å². The molecule has 4 aromatic rings. The lowest BCUT2D eigenvalue weighted by Crippen LogP contribution is -2.34. The Morgan fingerprint density at radius 2 is 1.09 bits per heavy atom. The molecular weight excluding hydrogens is 879 g/mol. The third-order valence-electron chi connectivity index (χ3n) is 12.5. The third kappa shape index (κ3) is 14.6. The quantitative estimate of drug-likeness (QED) is 0.0723. The zero-order valence-electron chi connectivity index (χ0n) is 43.5. The summed E-state index contributed by atoms with van der Waals surface area (Å²) in [6.45, 7) is 28.8. The van der Waals surface area contributed by atoms with Crippen molar-refractivity contribution in [1.82, 2.24) is 4.98 Å². The van der Waals surface area contributed by atoms with Crippen LogP contribution in [-0.4, -0.2) is 68.0 Å². The lowest BCUT2D eigenvalue weighted by molar-refractivity contribution is -0.115. The van der Waals surface area contributed by atoms with Gasteiger partial charge < -0.3 is 19.3 Å². The van der Waals surface area contributed by atoms with Gasteiger partial charge in [0.15, 0.2) is 5.13 Å². The number of carbonyl (C=O) groups excluding carboxylic acids is 2. The van der Waals surface area contributed by atoms with E-state index in [-0.39, 0.29) is 17.2 Å². The molecule has 69 heavy (non-hydrogen) atoms. The van der Waals surface area contributed by atoms with Crippen LogP contribution in [0.2, 0.25) is 0 Å². The van der Waals surface area contributed by atoms with Crippen LogP contribution in [0.3, 0.4) is 0 Å². The largest absolute Gasteiger partial charge is 0.476 e. The normalized spacial score (nSPS) is 15.8. The first-order valence-corrected chi connectivity index (χ1v) is 26.4. The molecule has 12 heteroatoms. The molecule has 0 saturated carbocycles. The molecule has 1 aromatic heterocycles. The molecule has 2 aliphatic heterocycles. The van der Waals surface area contributed by atoms with Crippen molar-refractivity contribution in [2.24, 2.45) is 22.0 Å². The number of benzene rings is 3.